The summed E-state index contributed by atoms with van der Waals surface area (Å²) in [4.78, 5) is 0.137. The Morgan fingerprint density at radius 1 is 1.04 bits per heavy atom. The topological polar surface area (TPSA) is 97.5 Å². The van der Waals surface area contributed by atoms with Gasteiger partial charge in [0.05, 0.1) is 15.5 Å². The number of aryl methyl sites for hydroxylation is 1. The first-order valence-corrected chi connectivity index (χ1v) is 11.5. The van der Waals surface area contributed by atoms with Gasteiger partial charge >= 0.3 is 0 Å². The molecule has 0 atom stereocenters. The van der Waals surface area contributed by atoms with Gasteiger partial charge < -0.3 is 5.73 Å². The van der Waals surface area contributed by atoms with E-state index in [2.05, 4.69) is 0 Å². The van der Waals surface area contributed by atoms with Crippen LogP contribution in [0.15, 0.2) is 58.3 Å². The molecule has 0 aliphatic carbocycles. The highest BCUT2D eigenvalue weighted by Crippen LogP contribution is 2.29. The van der Waals surface area contributed by atoms with E-state index in [9.17, 15) is 16.8 Å². The lowest BCUT2D eigenvalue weighted by atomic mass is 10.1. The summed E-state index contributed by atoms with van der Waals surface area (Å²) in [7, 11) is -7.21. The van der Waals surface area contributed by atoms with Gasteiger partial charge in [0.2, 0.25) is 10.0 Å². The van der Waals surface area contributed by atoms with E-state index in [1.165, 1.54) is 16.4 Å². The van der Waals surface area contributed by atoms with Gasteiger partial charge in [-0.15, -0.1) is 12.4 Å². The zero-order valence-corrected chi connectivity index (χ0v) is 17.2. The first kappa shape index (κ1) is 21.8. The lowest BCUT2D eigenvalue weighted by molar-refractivity contribution is 0.421. The van der Waals surface area contributed by atoms with Gasteiger partial charge in [0.25, 0.3) is 0 Å². The maximum absolute atomic E-state index is 13.0. The number of hydrogen-bond donors (Lipinski definition) is 1. The van der Waals surface area contributed by atoms with E-state index < -0.39 is 19.9 Å². The number of hydrogen-bond acceptors (Lipinski definition) is 5. The molecule has 27 heavy (non-hydrogen) atoms. The molecule has 0 aromatic heterocycles. The quantitative estimate of drug-likeness (QED) is 0.719. The summed E-state index contributed by atoms with van der Waals surface area (Å²) in [6.07, 6.45) is 0.988. The van der Waals surface area contributed by atoms with Crippen molar-refractivity contribution < 1.29 is 16.8 Å². The largest absolute Gasteiger partial charge is 0.329 e. The van der Waals surface area contributed by atoms with E-state index in [-0.39, 0.29) is 47.6 Å². The van der Waals surface area contributed by atoms with Gasteiger partial charge in [-0.25, -0.2) is 16.8 Å². The van der Waals surface area contributed by atoms with Crippen LogP contribution in [0.4, 0.5) is 0 Å². The fourth-order valence-corrected chi connectivity index (χ4v) is 6.23. The summed E-state index contributed by atoms with van der Waals surface area (Å²) in [5.74, 6) is 0.0341. The minimum atomic E-state index is -3.82. The molecule has 0 saturated heterocycles. The van der Waals surface area contributed by atoms with E-state index in [0.717, 1.165) is 5.56 Å². The lowest BCUT2D eigenvalue weighted by Crippen LogP contribution is -2.37. The highest BCUT2D eigenvalue weighted by Gasteiger charge is 2.30. The first-order chi connectivity index (χ1) is 12.3. The van der Waals surface area contributed by atoms with Crippen LogP contribution in [0.25, 0.3) is 0 Å². The van der Waals surface area contributed by atoms with Crippen LogP contribution in [-0.4, -0.2) is 46.5 Å². The third-order valence-electron chi connectivity index (χ3n) is 4.52. The number of fused-ring (bicyclic) bond motifs is 1. The van der Waals surface area contributed by atoms with Gasteiger partial charge in [0.15, 0.2) is 9.84 Å². The average Bonchev–Trinajstić information content (AvgIpc) is 2.94. The fourth-order valence-electron chi connectivity index (χ4n) is 3.09. The summed E-state index contributed by atoms with van der Waals surface area (Å²) in [5.41, 5.74) is 7.31. The van der Waals surface area contributed by atoms with E-state index in [4.69, 9.17) is 5.73 Å². The molecule has 0 amide bonds. The molecule has 3 rings (SSSR count). The predicted octanol–water partition coefficient (Wildman–Crippen LogP) is 1.63. The number of benzene rings is 2. The fraction of sp³-hybridized carbons (Fsp3) is 0.333. The molecule has 0 fully saturated rings. The van der Waals surface area contributed by atoms with Crippen LogP contribution >= 0.6 is 12.4 Å². The maximum atomic E-state index is 13.0. The van der Waals surface area contributed by atoms with Crippen molar-refractivity contribution in [3.05, 3.63) is 59.7 Å². The Bertz CT molecular complexity index is 993. The van der Waals surface area contributed by atoms with Crippen LogP contribution in [0.1, 0.15) is 11.1 Å². The number of sulfone groups is 1. The molecule has 0 radical (unpaired) electrons. The monoisotopic (exact) mass is 430 g/mol. The standard InChI is InChI=1S/C18H22N2O4S2.ClH/c19-10-12-20(11-8-15-4-2-1-3-5-15)26(23,24)17-7-6-16-9-13-25(21,22)18(16)14-17;/h1-7,14H,8-13,19H2;1H. The lowest BCUT2D eigenvalue weighted by Gasteiger charge is -2.22. The maximum Gasteiger partial charge on any atom is 0.243 e. The van der Waals surface area contributed by atoms with Gasteiger partial charge in [-0.05, 0) is 36.1 Å². The number of halogens is 1. The van der Waals surface area contributed by atoms with Gasteiger partial charge in [0.1, 0.15) is 0 Å². The third-order valence-corrected chi connectivity index (χ3v) is 8.21. The van der Waals surface area contributed by atoms with E-state index in [1.54, 1.807) is 6.07 Å². The molecular weight excluding hydrogens is 408 g/mol. The molecule has 0 bridgehead atoms. The molecule has 148 valence electrons. The smallest absolute Gasteiger partial charge is 0.243 e. The normalized spacial score (nSPS) is 15.3. The molecule has 1 aliphatic rings. The second-order valence-electron chi connectivity index (χ2n) is 6.27. The first-order valence-electron chi connectivity index (χ1n) is 8.44. The minimum absolute atomic E-state index is 0. The van der Waals surface area contributed by atoms with E-state index in [1.807, 2.05) is 30.3 Å². The predicted molar refractivity (Wildman–Crippen MR) is 107 cm³/mol. The summed E-state index contributed by atoms with van der Waals surface area (Å²) in [6.45, 7) is 0.656. The Morgan fingerprint density at radius 3 is 2.41 bits per heavy atom. The van der Waals surface area contributed by atoms with Crippen LogP contribution in [0.3, 0.4) is 0 Å². The molecule has 0 saturated carbocycles. The zero-order valence-electron chi connectivity index (χ0n) is 14.7. The summed E-state index contributed by atoms with van der Waals surface area (Å²) >= 11 is 0. The summed E-state index contributed by atoms with van der Waals surface area (Å²) < 4.78 is 51.6. The summed E-state index contributed by atoms with van der Waals surface area (Å²) in [5, 5.41) is 0. The van der Waals surface area contributed by atoms with Gasteiger partial charge in [-0.3, -0.25) is 0 Å². The Kier molecular flexibility index (Phi) is 7.04. The second-order valence-corrected chi connectivity index (χ2v) is 10.3. The molecule has 2 aromatic carbocycles. The molecule has 1 aliphatic heterocycles. The van der Waals surface area contributed by atoms with Crippen molar-refractivity contribution in [3.63, 3.8) is 0 Å². The number of sulfonamides is 1. The van der Waals surface area contributed by atoms with Gasteiger partial charge in [0, 0.05) is 19.6 Å². The second kappa shape index (κ2) is 8.70. The minimum Gasteiger partial charge on any atom is -0.329 e. The number of nitrogens with zero attached hydrogens (tertiary/aromatic N) is 1. The Hall–Kier alpha value is -1.45. The van der Waals surface area contributed by atoms with Crippen LogP contribution < -0.4 is 5.73 Å². The highest BCUT2D eigenvalue weighted by atomic mass is 35.5. The Morgan fingerprint density at radius 2 is 1.74 bits per heavy atom. The van der Waals surface area contributed by atoms with Crippen molar-refractivity contribution >= 4 is 32.3 Å². The zero-order chi connectivity index (χ0) is 18.8. The van der Waals surface area contributed by atoms with Crippen molar-refractivity contribution in [2.75, 3.05) is 25.4 Å². The van der Waals surface area contributed by atoms with Crippen LogP contribution in [0, 0.1) is 0 Å². The number of rotatable bonds is 7. The van der Waals surface area contributed by atoms with Crippen LogP contribution in [0.5, 0.6) is 0 Å². The average molecular weight is 431 g/mol. The molecular formula is C18H23ClN2O4S2. The molecule has 2 N–H and O–H groups in total. The molecule has 9 heteroatoms. The van der Waals surface area contributed by atoms with Crippen molar-refractivity contribution in [3.8, 4) is 0 Å². The molecule has 0 unspecified atom stereocenters. The third kappa shape index (κ3) is 4.70. The number of nitrogens with two attached hydrogens (primary N) is 1. The molecule has 2 aromatic rings. The SMILES string of the molecule is Cl.NCCN(CCc1ccccc1)S(=O)(=O)c1ccc2c(c1)S(=O)(=O)CC2. The van der Waals surface area contributed by atoms with E-state index in [0.29, 0.717) is 18.4 Å². The molecule has 6 nitrogen and oxygen atoms in total. The van der Waals surface area contributed by atoms with Gasteiger partial charge in [-0.1, -0.05) is 36.4 Å². The van der Waals surface area contributed by atoms with Crippen LogP contribution in [0.2, 0.25) is 0 Å². The van der Waals surface area contributed by atoms with Crippen molar-refractivity contribution in [1.82, 2.24) is 4.31 Å². The molecule has 0 spiro atoms. The van der Waals surface area contributed by atoms with Crippen molar-refractivity contribution in [1.29, 1.82) is 0 Å². The van der Waals surface area contributed by atoms with Crippen molar-refractivity contribution in [2.45, 2.75) is 22.6 Å². The van der Waals surface area contributed by atoms with Crippen molar-refractivity contribution in [2.24, 2.45) is 5.73 Å². The summed E-state index contributed by atoms with van der Waals surface area (Å²) in [6, 6.07) is 14.0. The van der Waals surface area contributed by atoms with E-state index >= 15 is 0 Å². The van der Waals surface area contributed by atoms with Gasteiger partial charge in [-0.2, -0.15) is 4.31 Å². The molecule has 1 heterocycles. The Balaban J connectivity index is 0.00000261. The highest BCUT2D eigenvalue weighted by molar-refractivity contribution is 7.92. The van der Waals surface area contributed by atoms with Crippen LogP contribution in [-0.2, 0) is 32.7 Å². The Labute approximate surface area is 166 Å².